The first-order valence-corrected chi connectivity index (χ1v) is 19.3. The zero-order valence-corrected chi connectivity index (χ0v) is 31.4. The third-order valence-electron chi connectivity index (χ3n) is 9.86. The molecule has 55 heavy (non-hydrogen) atoms. The fraction of sp³-hybridized carbons (Fsp3) is 0.472. The Morgan fingerprint density at radius 1 is 1.09 bits per heavy atom. The lowest BCUT2D eigenvalue weighted by molar-refractivity contribution is -0.145. The molecule has 2 aliphatic carbocycles. The molecule has 2 saturated carbocycles. The number of rotatable bonds is 11. The zero-order valence-electron chi connectivity index (χ0n) is 30.6. The largest absolute Gasteiger partial charge is 0.497 e. The van der Waals surface area contributed by atoms with E-state index < -0.39 is 80.4 Å². The fourth-order valence-electron chi connectivity index (χ4n) is 6.89. The molecule has 6 atom stereocenters. The molecule has 3 heterocycles. The van der Waals surface area contributed by atoms with Crippen LogP contribution in [0, 0.1) is 5.92 Å². The number of nitrogens with zero attached hydrogens (tertiary/aromatic N) is 5. The van der Waals surface area contributed by atoms with Gasteiger partial charge in [-0.3, -0.25) is 19.1 Å². The molecule has 2 aliphatic heterocycles. The highest BCUT2D eigenvalue weighted by Crippen LogP contribution is 2.47. The van der Waals surface area contributed by atoms with Gasteiger partial charge in [-0.25, -0.2) is 13.2 Å². The van der Waals surface area contributed by atoms with Gasteiger partial charge in [0, 0.05) is 28.4 Å². The minimum atomic E-state index is -3.95. The molecule has 0 spiro atoms. The second-order valence-electron chi connectivity index (χ2n) is 14.9. The number of para-hydroxylation sites is 1. The van der Waals surface area contributed by atoms with Crippen LogP contribution >= 0.6 is 0 Å². The Morgan fingerprint density at radius 3 is 2.47 bits per heavy atom. The summed E-state index contributed by atoms with van der Waals surface area (Å²) in [6, 6.07) is 10.2. The Hall–Kier alpha value is -5.72. The summed E-state index contributed by atoms with van der Waals surface area (Å²) in [5.74, 6) is -1.71. The van der Waals surface area contributed by atoms with Crippen LogP contribution in [0.2, 0.25) is 0 Å². The highest BCUT2D eigenvalue weighted by Gasteiger charge is 2.63. The Bertz CT molecular complexity index is 2120. The van der Waals surface area contributed by atoms with Crippen molar-refractivity contribution in [3.8, 4) is 22.9 Å². The molecule has 3 aromatic rings. The number of methoxy groups -OCH3 is 1. The van der Waals surface area contributed by atoms with Crippen molar-refractivity contribution in [2.45, 2.75) is 87.1 Å². The summed E-state index contributed by atoms with van der Waals surface area (Å²) < 4.78 is 44.4. The predicted octanol–water partition coefficient (Wildman–Crippen LogP) is 1.44. The molecule has 18 nitrogen and oxygen atoms in total. The number of tetrazole rings is 1. The molecule has 4 amide bonds. The molecule has 0 bridgehead atoms. The summed E-state index contributed by atoms with van der Waals surface area (Å²) >= 11 is 0. The third-order valence-corrected chi connectivity index (χ3v) is 11.7. The number of sulfonamides is 1. The number of hydrogen-bond donors (Lipinski definition) is 3. The average molecular weight is 779 g/mol. The maximum Gasteiger partial charge on any atom is 0.408 e. The van der Waals surface area contributed by atoms with Crippen molar-refractivity contribution in [3.05, 3.63) is 66.7 Å². The molecule has 2 aromatic carbocycles. The van der Waals surface area contributed by atoms with Gasteiger partial charge in [0.2, 0.25) is 27.7 Å². The number of benzene rings is 2. The standard InChI is InChI=1S/C36H42N8O10S/c1-6-21-18-36(21,33(47)41-55(49,50)23-15-16-23)38-31(45)26-17-28(54-44-40-30(39-42-44)20-11-13-22(51-5)14-12-20)29-24-9-7-8-10-27(24)52-19-25(32(46)43(26)29)37-34(48)53-35(2,3)4/h6-14,21,23,25-26,28-29H,1,15-19H2,2-5H3,(H,37,48)(H,38,45)(H,41,47)/t21-,25?,26+,28-,29?,36?/m1/s1. The number of ether oxygens (including phenoxy) is 3. The Kier molecular flexibility index (Phi) is 9.68. The van der Waals surface area contributed by atoms with Crippen LogP contribution in [-0.4, -0.2) is 106 Å². The average Bonchev–Trinajstić information content (AvgIpc) is 4.04. The van der Waals surface area contributed by atoms with E-state index in [1.165, 1.54) is 11.0 Å². The number of fused-ring (bicyclic) bond motifs is 3. The quantitative estimate of drug-likeness (QED) is 0.235. The number of nitrogens with one attached hydrogen (secondary N) is 3. The number of alkyl carbamates (subject to hydrolysis) is 1. The minimum Gasteiger partial charge on any atom is -0.497 e. The SMILES string of the molecule is C=C[C@@H]1CC1(NC(=O)[C@@H]1C[C@@H](On2nnc(-c3ccc(OC)cc3)n2)C2c3ccccc3OCC(NC(=O)OC(C)(C)C)C(=O)N21)C(=O)NS(=O)(=O)C1CC1. The molecule has 7 rings (SSSR count). The topological polar surface area (TPSA) is 222 Å². The van der Waals surface area contributed by atoms with Gasteiger partial charge >= 0.3 is 6.09 Å². The molecule has 3 unspecified atom stereocenters. The van der Waals surface area contributed by atoms with E-state index in [0.29, 0.717) is 35.5 Å². The minimum absolute atomic E-state index is 0.0921. The van der Waals surface area contributed by atoms with Crippen LogP contribution in [0.15, 0.2) is 61.2 Å². The van der Waals surface area contributed by atoms with Crippen molar-refractivity contribution in [2.75, 3.05) is 13.7 Å². The van der Waals surface area contributed by atoms with Gasteiger partial charge in [0.15, 0.2) is 6.10 Å². The smallest absolute Gasteiger partial charge is 0.408 e. The Labute approximate surface area is 316 Å². The van der Waals surface area contributed by atoms with Gasteiger partial charge < -0.3 is 34.6 Å². The normalized spacial score (nSPS) is 25.9. The van der Waals surface area contributed by atoms with E-state index >= 15 is 0 Å². The van der Waals surface area contributed by atoms with Crippen LogP contribution in [0.3, 0.4) is 0 Å². The van der Waals surface area contributed by atoms with Gasteiger partial charge in [-0.15, -0.1) is 11.7 Å². The highest BCUT2D eigenvalue weighted by molar-refractivity contribution is 7.91. The van der Waals surface area contributed by atoms with E-state index in [2.05, 4.69) is 37.3 Å². The molecule has 292 valence electrons. The van der Waals surface area contributed by atoms with Crippen molar-refractivity contribution < 1.29 is 46.6 Å². The van der Waals surface area contributed by atoms with Crippen molar-refractivity contribution >= 4 is 33.8 Å². The van der Waals surface area contributed by atoms with E-state index in [1.54, 1.807) is 76.4 Å². The van der Waals surface area contributed by atoms with Gasteiger partial charge in [0.25, 0.3) is 5.91 Å². The molecule has 19 heteroatoms. The van der Waals surface area contributed by atoms with E-state index in [4.69, 9.17) is 19.0 Å². The van der Waals surface area contributed by atoms with Gasteiger partial charge in [0.1, 0.15) is 47.4 Å². The number of carbonyl (C=O) groups is 4. The van der Waals surface area contributed by atoms with Crippen LogP contribution < -0.4 is 29.7 Å². The Morgan fingerprint density at radius 2 is 1.82 bits per heavy atom. The van der Waals surface area contributed by atoms with Gasteiger partial charge in [-0.2, -0.15) is 0 Å². The maximum absolute atomic E-state index is 14.7. The molecular weight excluding hydrogens is 737 g/mol. The van der Waals surface area contributed by atoms with Crippen LogP contribution in [0.1, 0.15) is 58.1 Å². The first kappa shape index (κ1) is 37.6. The number of carbonyl (C=O) groups excluding carboxylic acids is 4. The molecular formula is C36H42N8O10S. The maximum atomic E-state index is 14.7. The second kappa shape index (κ2) is 14.2. The monoisotopic (exact) mass is 778 g/mol. The fourth-order valence-corrected chi connectivity index (χ4v) is 8.25. The van der Waals surface area contributed by atoms with Crippen LogP contribution in [0.4, 0.5) is 4.79 Å². The first-order chi connectivity index (χ1) is 26.1. The van der Waals surface area contributed by atoms with Crippen LogP contribution in [-0.2, 0) is 29.1 Å². The molecule has 3 N–H and O–H groups in total. The number of amides is 4. The highest BCUT2D eigenvalue weighted by atomic mass is 32.2. The number of hydrogen-bond acceptors (Lipinski definition) is 13. The Balaban J connectivity index is 1.24. The first-order valence-electron chi connectivity index (χ1n) is 17.8. The zero-order chi connectivity index (χ0) is 39.3. The summed E-state index contributed by atoms with van der Waals surface area (Å²) in [7, 11) is -2.40. The van der Waals surface area contributed by atoms with E-state index in [-0.39, 0.29) is 25.3 Å². The lowest BCUT2D eigenvalue weighted by atomic mass is 9.99. The van der Waals surface area contributed by atoms with Gasteiger partial charge in [-0.05, 0) is 75.6 Å². The van der Waals surface area contributed by atoms with E-state index in [9.17, 15) is 27.6 Å². The molecule has 1 saturated heterocycles. The van der Waals surface area contributed by atoms with Crippen LogP contribution in [0.5, 0.6) is 11.5 Å². The molecule has 1 aromatic heterocycles. The summed E-state index contributed by atoms with van der Waals surface area (Å²) in [5.41, 5.74) is -1.41. The van der Waals surface area contributed by atoms with Crippen molar-refractivity contribution in [2.24, 2.45) is 5.92 Å². The molecule has 0 radical (unpaired) electrons. The van der Waals surface area contributed by atoms with Crippen molar-refractivity contribution in [1.82, 2.24) is 40.6 Å². The van der Waals surface area contributed by atoms with Gasteiger partial charge in [-0.1, -0.05) is 29.4 Å². The molecule has 3 fully saturated rings. The summed E-state index contributed by atoms with van der Waals surface area (Å²) in [6.45, 7) is 8.48. The predicted molar refractivity (Wildman–Crippen MR) is 193 cm³/mol. The summed E-state index contributed by atoms with van der Waals surface area (Å²) in [4.78, 5) is 64.2. The number of aromatic nitrogens is 4. The summed E-state index contributed by atoms with van der Waals surface area (Å²) in [5, 5.41) is 17.2. The van der Waals surface area contributed by atoms with E-state index in [1.807, 2.05) is 0 Å². The third kappa shape index (κ3) is 7.65. The summed E-state index contributed by atoms with van der Waals surface area (Å²) in [6.07, 6.45) is 0.378. The lowest BCUT2D eigenvalue weighted by Gasteiger charge is -2.37. The van der Waals surface area contributed by atoms with Crippen molar-refractivity contribution in [3.63, 3.8) is 0 Å². The van der Waals surface area contributed by atoms with Crippen LogP contribution in [0.25, 0.3) is 11.4 Å². The van der Waals surface area contributed by atoms with Crippen molar-refractivity contribution in [1.29, 1.82) is 0 Å². The molecule has 4 aliphatic rings. The van der Waals surface area contributed by atoms with E-state index in [0.717, 1.165) is 4.96 Å². The van der Waals surface area contributed by atoms with Gasteiger partial charge in [0.05, 0.1) is 12.4 Å². The lowest BCUT2D eigenvalue weighted by Crippen LogP contribution is -2.60. The second-order valence-corrected chi connectivity index (χ2v) is 16.9.